The van der Waals surface area contributed by atoms with Crippen LogP contribution in [0.3, 0.4) is 0 Å². The van der Waals surface area contributed by atoms with E-state index in [1.54, 1.807) is 10.9 Å². The summed E-state index contributed by atoms with van der Waals surface area (Å²) in [5.41, 5.74) is 3.02. The molecular weight excluding hydrogens is 334 g/mol. The molecule has 0 amide bonds. The van der Waals surface area contributed by atoms with Crippen molar-refractivity contribution in [1.29, 1.82) is 0 Å². The largest absolute Gasteiger partial charge is 0.352 e. The van der Waals surface area contributed by atoms with Gasteiger partial charge in [-0.05, 0) is 35.2 Å². The van der Waals surface area contributed by atoms with E-state index in [-0.39, 0.29) is 0 Å². The molecule has 0 radical (unpaired) electrons. The van der Waals surface area contributed by atoms with E-state index in [1.165, 1.54) is 53.2 Å². The van der Waals surface area contributed by atoms with E-state index >= 15 is 0 Å². The van der Waals surface area contributed by atoms with Gasteiger partial charge in [-0.2, -0.15) is 0 Å². The number of aryl methyl sites for hydroxylation is 1. The zero-order chi connectivity index (χ0) is 18.7. The van der Waals surface area contributed by atoms with Crippen molar-refractivity contribution in [3.05, 3.63) is 29.8 Å². The van der Waals surface area contributed by atoms with Crippen LogP contribution in [-0.4, -0.2) is 20.7 Å². The zero-order valence-electron chi connectivity index (χ0n) is 17.7. The van der Waals surface area contributed by atoms with E-state index in [1.807, 2.05) is 0 Å². The van der Waals surface area contributed by atoms with Crippen LogP contribution in [0.2, 0.25) is 36.3 Å². The first-order valence-corrected chi connectivity index (χ1v) is 16.0. The molecule has 0 spiro atoms. The van der Waals surface area contributed by atoms with Gasteiger partial charge in [0.05, 0.1) is 8.07 Å². The molecule has 0 atom stereocenters. The lowest BCUT2D eigenvalue weighted by atomic mass is 10.2. The Morgan fingerprint density at radius 1 is 0.760 bits per heavy atom. The molecular formula is C22H39NSi2. The average Bonchev–Trinajstić information content (AvgIpc) is 2.98. The maximum atomic E-state index is 2.55. The van der Waals surface area contributed by atoms with Crippen molar-refractivity contribution in [2.45, 2.75) is 83.9 Å². The molecule has 0 aliphatic heterocycles. The quantitative estimate of drug-likeness (QED) is 0.443. The van der Waals surface area contributed by atoms with E-state index in [9.17, 15) is 0 Å². The second kappa shape index (κ2) is 8.26. The van der Waals surface area contributed by atoms with Crippen LogP contribution in [-0.2, 0) is 13.1 Å². The molecule has 0 saturated carbocycles. The van der Waals surface area contributed by atoms with Crippen molar-refractivity contribution in [2.24, 2.45) is 7.05 Å². The lowest BCUT2D eigenvalue weighted by Crippen LogP contribution is -2.48. The Labute approximate surface area is 157 Å². The van der Waals surface area contributed by atoms with Crippen molar-refractivity contribution in [2.75, 3.05) is 0 Å². The fourth-order valence-electron chi connectivity index (χ4n) is 4.87. The number of aromatic nitrogens is 1. The third-order valence-electron chi connectivity index (χ3n) is 7.51. The third-order valence-corrected chi connectivity index (χ3v) is 18.8. The third kappa shape index (κ3) is 3.68. The number of hydrogen-bond acceptors (Lipinski definition) is 0. The molecule has 1 heterocycles. The zero-order valence-corrected chi connectivity index (χ0v) is 19.7. The maximum Gasteiger partial charge on any atom is 0.107 e. The molecule has 0 fully saturated rings. The summed E-state index contributed by atoms with van der Waals surface area (Å²) in [7, 11) is -0.147. The van der Waals surface area contributed by atoms with Gasteiger partial charge in [-0.3, -0.25) is 0 Å². The highest BCUT2D eigenvalue weighted by Crippen LogP contribution is 2.28. The molecule has 0 N–H and O–H groups in total. The smallest absolute Gasteiger partial charge is 0.107 e. The van der Waals surface area contributed by atoms with Gasteiger partial charge in [0.15, 0.2) is 0 Å². The molecule has 140 valence electrons. The fourth-order valence-corrected chi connectivity index (χ4v) is 12.1. The Morgan fingerprint density at radius 3 is 1.80 bits per heavy atom. The minimum absolute atomic E-state index is 1.11. The minimum atomic E-state index is -1.33. The highest BCUT2D eigenvalue weighted by molar-refractivity contribution is 6.91. The molecule has 0 bridgehead atoms. The number of benzene rings is 1. The van der Waals surface area contributed by atoms with E-state index in [0.717, 1.165) is 0 Å². The summed E-state index contributed by atoms with van der Waals surface area (Å²) in [6.07, 6.45) is 0. The van der Waals surface area contributed by atoms with Gasteiger partial charge in [0.2, 0.25) is 0 Å². The minimum Gasteiger partial charge on any atom is -0.352 e. The SMILES string of the molecule is CC[Si](CC)(CC)Cc1ccc2c(c1)cc([Si](CC)(CC)CC)n2C. The van der Waals surface area contributed by atoms with Crippen molar-refractivity contribution in [1.82, 2.24) is 4.57 Å². The second-order valence-corrected chi connectivity index (χ2v) is 18.7. The van der Waals surface area contributed by atoms with Crippen molar-refractivity contribution >= 4 is 32.4 Å². The van der Waals surface area contributed by atoms with Crippen molar-refractivity contribution in [3.63, 3.8) is 0 Å². The van der Waals surface area contributed by atoms with Crippen molar-refractivity contribution < 1.29 is 0 Å². The summed E-state index contributed by atoms with van der Waals surface area (Å²) in [6.45, 7) is 14.5. The molecule has 0 saturated heterocycles. The molecule has 2 aromatic rings. The predicted molar refractivity (Wildman–Crippen MR) is 121 cm³/mol. The monoisotopic (exact) mass is 373 g/mol. The van der Waals surface area contributed by atoms with Gasteiger partial charge in [0.1, 0.15) is 8.07 Å². The number of fused-ring (bicyclic) bond motifs is 1. The van der Waals surface area contributed by atoms with Gasteiger partial charge in [0.25, 0.3) is 0 Å². The maximum absolute atomic E-state index is 2.55. The van der Waals surface area contributed by atoms with Gasteiger partial charge < -0.3 is 4.57 Å². The molecule has 0 aliphatic rings. The predicted octanol–water partition coefficient (Wildman–Crippen LogP) is 6.48. The topological polar surface area (TPSA) is 4.93 Å². The Hall–Kier alpha value is -0.806. The molecule has 25 heavy (non-hydrogen) atoms. The number of rotatable bonds is 9. The summed E-state index contributed by atoms with van der Waals surface area (Å²) in [4.78, 5) is 0. The Kier molecular flexibility index (Phi) is 6.77. The Bertz CT molecular complexity index is 677. The second-order valence-electron chi connectivity index (χ2n) is 8.06. The van der Waals surface area contributed by atoms with E-state index in [2.05, 4.69) is 77.4 Å². The lowest BCUT2D eigenvalue weighted by molar-refractivity contribution is 0.982. The van der Waals surface area contributed by atoms with Crippen molar-refractivity contribution in [3.8, 4) is 0 Å². The van der Waals surface area contributed by atoms with Gasteiger partial charge >= 0.3 is 0 Å². The van der Waals surface area contributed by atoms with Crippen LogP contribution < -0.4 is 5.32 Å². The first kappa shape index (κ1) is 20.5. The first-order valence-electron chi connectivity index (χ1n) is 10.5. The molecule has 1 aromatic carbocycles. The van der Waals surface area contributed by atoms with Gasteiger partial charge in [0, 0.05) is 17.9 Å². The number of nitrogens with zero attached hydrogens (tertiary/aromatic N) is 1. The molecule has 1 nitrogen and oxygen atoms in total. The van der Waals surface area contributed by atoms with Crippen LogP contribution >= 0.6 is 0 Å². The highest BCUT2D eigenvalue weighted by Gasteiger charge is 2.32. The average molecular weight is 374 g/mol. The summed E-state index contributed by atoms with van der Waals surface area (Å²) >= 11 is 0. The number of hydrogen-bond donors (Lipinski definition) is 0. The van der Waals surface area contributed by atoms with E-state index < -0.39 is 16.1 Å². The van der Waals surface area contributed by atoms with Gasteiger partial charge in [-0.1, -0.05) is 83.9 Å². The van der Waals surface area contributed by atoms with Crippen LogP contribution in [0.4, 0.5) is 0 Å². The molecule has 3 heteroatoms. The highest BCUT2D eigenvalue weighted by atomic mass is 28.3. The summed E-state index contributed by atoms with van der Waals surface area (Å²) in [6, 6.07) is 19.5. The molecule has 0 aliphatic carbocycles. The van der Waals surface area contributed by atoms with Gasteiger partial charge in [-0.25, -0.2) is 0 Å². The molecule has 0 unspecified atom stereocenters. The summed E-state index contributed by atoms with van der Waals surface area (Å²) in [5.74, 6) is 0. The fraction of sp³-hybridized carbons (Fsp3) is 0.636. The van der Waals surface area contributed by atoms with E-state index in [0.29, 0.717) is 0 Å². The standard InChI is InChI=1S/C22H39NSi2/c1-8-24(9-2,10-3)18-19-14-15-21-20(16-19)17-22(23(21)7)25(11-4,12-5)13-6/h14-17H,8-13,18H2,1-7H3. The lowest BCUT2D eigenvalue weighted by Gasteiger charge is -2.28. The van der Waals surface area contributed by atoms with Crippen LogP contribution in [0.1, 0.15) is 47.1 Å². The molecule has 1 aromatic heterocycles. The van der Waals surface area contributed by atoms with Crippen LogP contribution in [0.25, 0.3) is 10.9 Å². The Morgan fingerprint density at radius 2 is 1.32 bits per heavy atom. The van der Waals surface area contributed by atoms with Crippen LogP contribution in [0.15, 0.2) is 24.3 Å². The van der Waals surface area contributed by atoms with Gasteiger partial charge in [-0.15, -0.1) is 0 Å². The van der Waals surface area contributed by atoms with Crippen LogP contribution in [0.5, 0.6) is 0 Å². The summed E-state index contributed by atoms with van der Waals surface area (Å²) in [5, 5.41) is 3.14. The first-order chi connectivity index (χ1) is 11.9. The normalized spacial score (nSPS) is 12.9. The summed E-state index contributed by atoms with van der Waals surface area (Å²) < 4.78 is 2.52. The molecule has 2 rings (SSSR count). The Balaban J connectivity index is 2.48. The van der Waals surface area contributed by atoms with E-state index in [4.69, 9.17) is 0 Å². The van der Waals surface area contributed by atoms with Crippen LogP contribution in [0, 0.1) is 0 Å².